The molecule has 0 aromatic heterocycles. The Kier molecular flexibility index (Phi) is 5.69. The number of hydrogen-bond donors (Lipinski definition) is 2. The zero-order chi connectivity index (χ0) is 12.1. The number of rotatable bonds is 5. The van der Waals surface area contributed by atoms with E-state index in [1.54, 1.807) is 0 Å². The summed E-state index contributed by atoms with van der Waals surface area (Å²) in [6.45, 7) is 9.24. The molecule has 0 amide bonds. The predicted octanol–water partition coefficient (Wildman–Crippen LogP) is 0.441. The second-order valence-electron chi connectivity index (χ2n) is 5.23. The van der Waals surface area contributed by atoms with Gasteiger partial charge in [0.1, 0.15) is 0 Å². The third-order valence-electron chi connectivity index (χ3n) is 3.15. The van der Waals surface area contributed by atoms with E-state index < -0.39 is 0 Å². The highest BCUT2D eigenvalue weighted by molar-refractivity contribution is 4.81. The van der Waals surface area contributed by atoms with E-state index in [0.29, 0.717) is 25.1 Å². The van der Waals surface area contributed by atoms with Gasteiger partial charge in [0.05, 0.1) is 18.8 Å². The van der Waals surface area contributed by atoms with Crippen molar-refractivity contribution in [1.82, 2.24) is 4.90 Å². The van der Waals surface area contributed by atoms with Crippen LogP contribution in [0.2, 0.25) is 0 Å². The van der Waals surface area contributed by atoms with Crippen LogP contribution < -0.4 is 5.73 Å². The normalized spacial score (nSPS) is 29.6. The molecule has 0 aromatic rings. The van der Waals surface area contributed by atoms with E-state index in [4.69, 9.17) is 10.5 Å². The first kappa shape index (κ1) is 13.9. The fourth-order valence-electron chi connectivity index (χ4n) is 2.07. The molecule has 1 aliphatic rings. The summed E-state index contributed by atoms with van der Waals surface area (Å²) in [7, 11) is 0. The van der Waals surface area contributed by atoms with Crippen molar-refractivity contribution >= 4 is 0 Å². The number of β-amino-alcohol motifs (C(OH)–C–C–N with tert-alkyl or cyclic N) is 1. The monoisotopic (exact) mass is 230 g/mol. The minimum Gasteiger partial charge on any atom is -0.389 e. The number of ether oxygens (including phenoxy) is 1. The lowest BCUT2D eigenvalue weighted by Gasteiger charge is -2.36. The number of nitrogens with two attached hydrogens (primary N) is 1. The van der Waals surface area contributed by atoms with Gasteiger partial charge in [-0.1, -0.05) is 6.92 Å². The summed E-state index contributed by atoms with van der Waals surface area (Å²) in [5.74, 6) is 0.520. The standard InChI is InChI=1S/C12H26N2O2/c1-9(2)16-8-11(15)7-14-5-4-12(13)10(3)6-14/h9-12,15H,4-8,13H2,1-3H3. The zero-order valence-electron chi connectivity index (χ0n) is 10.7. The Bertz CT molecular complexity index is 199. The van der Waals surface area contributed by atoms with Crippen LogP contribution >= 0.6 is 0 Å². The molecule has 1 fully saturated rings. The van der Waals surface area contributed by atoms with Crippen molar-refractivity contribution in [3.63, 3.8) is 0 Å². The minimum atomic E-state index is -0.385. The molecule has 1 aliphatic heterocycles. The van der Waals surface area contributed by atoms with E-state index in [2.05, 4.69) is 11.8 Å². The summed E-state index contributed by atoms with van der Waals surface area (Å²) in [4.78, 5) is 2.28. The number of aliphatic hydroxyl groups excluding tert-OH is 1. The number of piperidine rings is 1. The topological polar surface area (TPSA) is 58.7 Å². The lowest BCUT2D eigenvalue weighted by Crippen LogP contribution is -2.48. The Morgan fingerprint density at radius 2 is 2.19 bits per heavy atom. The first-order valence-corrected chi connectivity index (χ1v) is 6.26. The second-order valence-corrected chi connectivity index (χ2v) is 5.23. The smallest absolute Gasteiger partial charge is 0.0900 e. The Morgan fingerprint density at radius 1 is 1.50 bits per heavy atom. The summed E-state index contributed by atoms with van der Waals surface area (Å²) in [5, 5.41) is 9.80. The van der Waals surface area contributed by atoms with Gasteiger partial charge in [0.25, 0.3) is 0 Å². The maximum Gasteiger partial charge on any atom is 0.0900 e. The first-order chi connectivity index (χ1) is 7.49. The van der Waals surface area contributed by atoms with Crippen LogP contribution in [0.4, 0.5) is 0 Å². The van der Waals surface area contributed by atoms with Gasteiger partial charge in [-0.05, 0) is 32.7 Å². The van der Waals surface area contributed by atoms with Crippen LogP contribution in [0.25, 0.3) is 0 Å². The molecule has 1 rings (SSSR count). The Hall–Kier alpha value is -0.160. The molecule has 0 radical (unpaired) electrons. The molecular formula is C12H26N2O2. The molecule has 3 atom stereocenters. The van der Waals surface area contributed by atoms with Crippen LogP contribution in [0.15, 0.2) is 0 Å². The molecule has 4 heteroatoms. The average molecular weight is 230 g/mol. The highest BCUT2D eigenvalue weighted by atomic mass is 16.5. The van der Waals surface area contributed by atoms with Gasteiger partial charge < -0.3 is 20.5 Å². The molecular weight excluding hydrogens is 204 g/mol. The lowest BCUT2D eigenvalue weighted by molar-refractivity contribution is -0.0139. The van der Waals surface area contributed by atoms with Crippen molar-refractivity contribution in [1.29, 1.82) is 0 Å². The SMILES string of the molecule is CC(C)OCC(O)CN1CCC(N)C(C)C1. The predicted molar refractivity (Wildman–Crippen MR) is 65.3 cm³/mol. The molecule has 0 spiro atoms. The lowest BCUT2D eigenvalue weighted by atomic mass is 9.95. The molecule has 0 saturated carbocycles. The summed E-state index contributed by atoms with van der Waals surface area (Å²) in [6.07, 6.45) is 0.825. The molecule has 0 aromatic carbocycles. The Labute approximate surface area is 98.8 Å². The molecule has 3 unspecified atom stereocenters. The summed E-state index contributed by atoms with van der Waals surface area (Å²) in [6, 6.07) is 0.320. The fraction of sp³-hybridized carbons (Fsp3) is 1.00. The van der Waals surface area contributed by atoms with Crippen molar-refractivity contribution < 1.29 is 9.84 Å². The number of nitrogens with zero attached hydrogens (tertiary/aromatic N) is 1. The van der Waals surface area contributed by atoms with Crippen LogP contribution in [-0.2, 0) is 4.74 Å². The van der Waals surface area contributed by atoms with Crippen molar-refractivity contribution in [2.75, 3.05) is 26.2 Å². The van der Waals surface area contributed by atoms with Gasteiger partial charge in [-0.2, -0.15) is 0 Å². The van der Waals surface area contributed by atoms with Crippen molar-refractivity contribution in [2.45, 2.75) is 45.4 Å². The number of aliphatic hydroxyl groups is 1. The maximum absolute atomic E-state index is 9.80. The number of hydrogen-bond acceptors (Lipinski definition) is 4. The van der Waals surface area contributed by atoms with Crippen molar-refractivity contribution in [3.8, 4) is 0 Å². The Balaban J connectivity index is 2.21. The Morgan fingerprint density at radius 3 is 2.75 bits per heavy atom. The van der Waals surface area contributed by atoms with Crippen molar-refractivity contribution in [2.24, 2.45) is 11.7 Å². The highest BCUT2D eigenvalue weighted by Crippen LogP contribution is 2.14. The first-order valence-electron chi connectivity index (χ1n) is 6.26. The summed E-state index contributed by atoms with van der Waals surface area (Å²) < 4.78 is 5.39. The van der Waals surface area contributed by atoms with Gasteiger partial charge in [0, 0.05) is 19.1 Å². The van der Waals surface area contributed by atoms with E-state index in [-0.39, 0.29) is 12.2 Å². The van der Waals surface area contributed by atoms with Crippen LogP contribution in [-0.4, -0.2) is 54.5 Å². The fourth-order valence-corrected chi connectivity index (χ4v) is 2.07. The van der Waals surface area contributed by atoms with Gasteiger partial charge in [0.15, 0.2) is 0 Å². The van der Waals surface area contributed by atoms with E-state index in [9.17, 15) is 5.11 Å². The van der Waals surface area contributed by atoms with Gasteiger partial charge in [-0.25, -0.2) is 0 Å². The molecule has 3 N–H and O–H groups in total. The minimum absolute atomic E-state index is 0.184. The van der Waals surface area contributed by atoms with Gasteiger partial charge >= 0.3 is 0 Å². The zero-order valence-corrected chi connectivity index (χ0v) is 10.7. The van der Waals surface area contributed by atoms with Gasteiger partial charge in [-0.3, -0.25) is 0 Å². The molecule has 1 heterocycles. The average Bonchev–Trinajstić information content (AvgIpc) is 2.21. The summed E-state index contributed by atoms with van der Waals surface area (Å²) in [5.41, 5.74) is 5.96. The molecule has 0 aliphatic carbocycles. The van der Waals surface area contributed by atoms with Gasteiger partial charge in [0.2, 0.25) is 0 Å². The molecule has 16 heavy (non-hydrogen) atoms. The molecule has 96 valence electrons. The van der Waals surface area contributed by atoms with Crippen LogP contribution in [0.5, 0.6) is 0 Å². The van der Waals surface area contributed by atoms with E-state index in [0.717, 1.165) is 19.5 Å². The largest absolute Gasteiger partial charge is 0.389 e. The molecule has 4 nitrogen and oxygen atoms in total. The second kappa shape index (κ2) is 6.55. The highest BCUT2D eigenvalue weighted by Gasteiger charge is 2.24. The van der Waals surface area contributed by atoms with Crippen LogP contribution in [0.3, 0.4) is 0 Å². The van der Waals surface area contributed by atoms with E-state index >= 15 is 0 Å². The maximum atomic E-state index is 9.80. The van der Waals surface area contributed by atoms with Gasteiger partial charge in [-0.15, -0.1) is 0 Å². The van der Waals surface area contributed by atoms with Crippen LogP contribution in [0.1, 0.15) is 27.2 Å². The number of likely N-dealkylation sites (tertiary alicyclic amines) is 1. The summed E-state index contributed by atoms with van der Waals surface area (Å²) >= 11 is 0. The van der Waals surface area contributed by atoms with Crippen molar-refractivity contribution in [3.05, 3.63) is 0 Å². The molecule has 0 bridgehead atoms. The molecule has 1 saturated heterocycles. The third kappa shape index (κ3) is 4.78. The van der Waals surface area contributed by atoms with E-state index in [1.165, 1.54) is 0 Å². The quantitative estimate of drug-likeness (QED) is 0.719. The third-order valence-corrected chi connectivity index (χ3v) is 3.15. The van der Waals surface area contributed by atoms with E-state index in [1.807, 2.05) is 13.8 Å². The van der Waals surface area contributed by atoms with Crippen LogP contribution in [0, 0.1) is 5.92 Å².